The van der Waals surface area contributed by atoms with Crippen LogP contribution in [0.4, 0.5) is 5.88 Å². The smallest absolute Gasteiger partial charge is 0.320 e. The first kappa shape index (κ1) is 15.5. The number of hydrogen-bond donors (Lipinski definition) is 0. The maximum Gasteiger partial charge on any atom is 0.320 e. The van der Waals surface area contributed by atoms with Gasteiger partial charge in [-0.15, -0.1) is 11.8 Å². The van der Waals surface area contributed by atoms with Gasteiger partial charge >= 0.3 is 5.88 Å². The molecule has 7 heteroatoms. The molecule has 0 N–H and O–H groups in total. The molecule has 1 aromatic heterocycles. The van der Waals surface area contributed by atoms with E-state index in [1.54, 1.807) is 18.0 Å². The van der Waals surface area contributed by atoms with Crippen molar-refractivity contribution >= 4 is 23.5 Å². The maximum atomic E-state index is 11.8. The summed E-state index contributed by atoms with van der Waals surface area (Å²) in [5.41, 5.74) is 1.19. The Morgan fingerprint density at radius 2 is 2.19 bits per heavy atom. The minimum Gasteiger partial charge on any atom is -0.861 e. The summed E-state index contributed by atoms with van der Waals surface area (Å²) in [4.78, 5) is 4.91. The average Bonchev–Trinajstić information content (AvgIpc) is 2.92. The van der Waals surface area contributed by atoms with Crippen LogP contribution >= 0.6 is 11.8 Å². The molecule has 0 aliphatic rings. The number of benzene rings is 1. The molecule has 0 fully saturated rings. The highest BCUT2D eigenvalue weighted by Gasteiger charge is 2.09. The summed E-state index contributed by atoms with van der Waals surface area (Å²) < 4.78 is 11.4. The van der Waals surface area contributed by atoms with E-state index in [-0.39, 0.29) is 17.5 Å². The number of methoxy groups -OCH3 is 1. The van der Waals surface area contributed by atoms with Crippen LogP contribution in [0.3, 0.4) is 0 Å². The monoisotopic (exact) mass is 307 g/mol. The van der Waals surface area contributed by atoms with E-state index in [0.29, 0.717) is 13.2 Å². The lowest BCUT2D eigenvalue weighted by atomic mass is 10.2. The molecule has 1 heterocycles. The third kappa shape index (κ3) is 5.20. The second-order valence-electron chi connectivity index (χ2n) is 4.40. The number of nitrogens with zero attached hydrogens (tertiary/aromatic N) is 3. The minimum atomic E-state index is -0.254. The number of aliphatic imine (C=N–C) groups is 1. The van der Waals surface area contributed by atoms with E-state index >= 15 is 0 Å². The molecular formula is C14H17N3O3S. The molecule has 0 atom stereocenters. The highest BCUT2D eigenvalue weighted by Crippen LogP contribution is 2.18. The summed E-state index contributed by atoms with van der Waals surface area (Å²) in [6.45, 7) is 3.10. The largest absolute Gasteiger partial charge is 0.861 e. The van der Waals surface area contributed by atoms with E-state index in [1.165, 1.54) is 17.3 Å². The summed E-state index contributed by atoms with van der Waals surface area (Å²) in [5, 5.41) is 15.5. The van der Waals surface area contributed by atoms with Gasteiger partial charge in [-0.25, -0.2) is 4.99 Å². The molecule has 2 rings (SSSR count). The summed E-state index contributed by atoms with van der Waals surface area (Å²) in [6, 6.07) is 8.00. The molecule has 0 aliphatic carbocycles. The SMILES string of the molecule is COCC[n+]1cc(/N=C(/[O-])CSc2ccc(C)cc2)on1. The lowest BCUT2D eigenvalue weighted by molar-refractivity contribution is -0.763. The van der Waals surface area contributed by atoms with Gasteiger partial charge in [-0.3, -0.25) is 4.52 Å². The Hall–Kier alpha value is -1.86. The van der Waals surface area contributed by atoms with Crippen LogP contribution in [0.2, 0.25) is 0 Å². The van der Waals surface area contributed by atoms with Gasteiger partial charge in [-0.2, -0.15) is 0 Å². The lowest BCUT2D eigenvalue weighted by Crippen LogP contribution is -2.36. The van der Waals surface area contributed by atoms with Gasteiger partial charge in [0.15, 0.2) is 0 Å². The number of hydrogen-bond acceptors (Lipinski definition) is 6. The van der Waals surface area contributed by atoms with E-state index in [1.807, 2.05) is 31.2 Å². The Kier molecular flexibility index (Phi) is 5.77. The van der Waals surface area contributed by atoms with Crippen molar-refractivity contribution in [3.63, 3.8) is 0 Å². The molecule has 1 aromatic carbocycles. The topological polar surface area (TPSA) is 74.6 Å². The quantitative estimate of drug-likeness (QED) is 0.331. The van der Waals surface area contributed by atoms with Gasteiger partial charge in [0, 0.05) is 17.8 Å². The van der Waals surface area contributed by atoms with Gasteiger partial charge in [-0.05, 0) is 29.6 Å². The standard InChI is InChI=1S/C14H17N3O3S/c1-11-3-5-12(6-4-11)21-10-13(18)15-14-9-17(16-20-14)7-8-19-2/h3-6,9H,7-8,10H2,1-2H3. The van der Waals surface area contributed by atoms with Crippen molar-refractivity contribution in [3.8, 4) is 0 Å². The van der Waals surface area contributed by atoms with Gasteiger partial charge in [0.2, 0.25) is 11.8 Å². The Morgan fingerprint density at radius 1 is 1.43 bits per heavy atom. The highest BCUT2D eigenvalue weighted by atomic mass is 32.2. The zero-order chi connectivity index (χ0) is 15.1. The van der Waals surface area contributed by atoms with E-state index in [0.717, 1.165) is 4.90 Å². The number of aromatic nitrogens is 2. The molecule has 0 spiro atoms. The van der Waals surface area contributed by atoms with Crippen molar-refractivity contribution in [1.29, 1.82) is 0 Å². The Bertz CT molecular complexity index is 596. The number of thioether (sulfide) groups is 1. The van der Waals surface area contributed by atoms with Crippen molar-refractivity contribution in [2.75, 3.05) is 19.5 Å². The maximum absolute atomic E-state index is 11.8. The molecule has 112 valence electrons. The van der Waals surface area contributed by atoms with Crippen molar-refractivity contribution in [1.82, 2.24) is 5.27 Å². The van der Waals surface area contributed by atoms with E-state index in [2.05, 4.69) is 10.3 Å². The molecular weight excluding hydrogens is 290 g/mol. The number of aryl methyl sites for hydroxylation is 1. The van der Waals surface area contributed by atoms with Gasteiger partial charge in [0.1, 0.15) is 6.61 Å². The Balaban J connectivity index is 1.88. The van der Waals surface area contributed by atoms with Crippen LogP contribution < -0.4 is 9.79 Å². The van der Waals surface area contributed by atoms with E-state index in [9.17, 15) is 5.11 Å². The number of rotatable bonds is 7. The van der Waals surface area contributed by atoms with Crippen LogP contribution in [0, 0.1) is 6.92 Å². The zero-order valence-corrected chi connectivity index (χ0v) is 12.8. The van der Waals surface area contributed by atoms with Gasteiger partial charge in [0.25, 0.3) is 6.20 Å². The molecule has 0 bridgehead atoms. The molecule has 0 aliphatic heterocycles. The van der Waals surface area contributed by atoms with Gasteiger partial charge < -0.3 is 9.84 Å². The lowest BCUT2D eigenvalue weighted by Gasteiger charge is -2.08. The fraction of sp³-hybridized carbons (Fsp3) is 0.357. The van der Waals surface area contributed by atoms with Gasteiger partial charge in [-0.1, -0.05) is 17.7 Å². The van der Waals surface area contributed by atoms with Crippen molar-refractivity contribution in [3.05, 3.63) is 36.0 Å². The summed E-state index contributed by atoms with van der Waals surface area (Å²) >= 11 is 1.44. The van der Waals surface area contributed by atoms with Crippen LogP contribution in [0.15, 0.2) is 44.9 Å². The molecule has 0 radical (unpaired) electrons. The first-order chi connectivity index (χ1) is 10.2. The second-order valence-corrected chi connectivity index (χ2v) is 5.45. The minimum absolute atomic E-state index is 0.209. The van der Waals surface area contributed by atoms with Crippen LogP contribution in [0.1, 0.15) is 5.56 Å². The second kappa shape index (κ2) is 7.80. The highest BCUT2D eigenvalue weighted by molar-refractivity contribution is 8.00. The van der Waals surface area contributed by atoms with Gasteiger partial charge in [0.05, 0.1) is 0 Å². The fourth-order valence-electron chi connectivity index (χ4n) is 1.54. The van der Waals surface area contributed by atoms with Crippen LogP contribution in [-0.4, -0.2) is 30.6 Å². The third-order valence-corrected chi connectivity index (χ3v) is 3.64. The van der Waals surface area contributed by atoms with Crippen molar-refractivity contribution in [2.45, 2.75) is 18.4 Å². The molecule has 21 heavy (non-hydrogen) atoms. The first-order valence-electron chi connectivity index (χ1n) is 6.47. The summed E-state index contributed by atoms with van der Waals surface area (Å²) in [6.07, 6.45) is 1.58. The van der Waals surface area contributed by atoms with E-state index in [4.69, 9.17) is 9.26 Å². The Morgan fingerprint density at radius 3 is 2.90 bits per heavy atom. The van der Waals surface area contributed by atoms with Crippen LogP contribution in [0.25, 0.3) is 0 Å². The zero-order valence-electron chi connectivity index (χ0n) is 12.0. The molecule has 6 nitrogen and oxygen atoms in total. The molecule has 0 unspecified atom stereocenters. The summed E-state index contributed by atoms with van der Waals surface area (Å²) in [7, 11) is 1.61. The van der Waals surface area contributed by atoms with Crippen molar-refractivity contribution in [2.24, 2.45) is 4.99 Å². The first-order valence-corrected chi connectivity index (χ1v) is 7.45. The molecule has 0 saturated carbocycles. The van der Waals surface area contributed by atoms with E-state index < -0.39 is 0 Å². The molecule has 0 amide bonds. The molecule has 0 saturated heterocycles. The fourth-order valence-corrected chi connectivity index (χ4v) is 2.23. The Labute approximate surface area is 127 Å². The average molecular weight is 307 g/mol. The predicted octanol–water partition coefficient (Wildman–Crippen LogP) is 1.10. The predicted molar refractivity (Wildman–Crippen MR) is 77.6 cm³/mol. The normalized spacial score (nSPS) is 11.8. The van der Waals surface area contributed by atoms with Crippen molar-refractivity contribution < 1.29 is 19.0 Å². The number of ether oxygens (including phenoxy) is 1. The third-order valence-electron chi connectivity index (χ3n) is 2.64. The van der Waals surface area contributed by atoms with Crippen LogP contribution in [0.5, 0.6) is 0 Å². The van der Waals surface area contributed by atoms with Crippen LogP contribution in [-0.2, 0) is 11.3 Å². The molecule has 2 aromatic rings. The summed E-state index contributed by atoms with van der Waals surface area (Å²) in [5.74, 6) is 0.221.